The Morgan fingerprint density at radius 3 is 2.84 bits per heavy atom. The van der Waals surface area contributed by atoms with Crippen molar-refractivity contribution in [1.29, 1.82) is 0 Å². The minimum absolute atomic E-state index is 0.235. The lowest BCUT2D eigenvalue weighted by Gasteiger charge is -2.16. The molecule has 1 aliphatic heterocycles. The highest BCUT2D eigenvalue weighted by molar-refractivity contribution is 6.31. The summed E-state index contributed by atoms with van der Waals surface area (Å²) in [4.78, 5) is 25.8. The number of H-pyrrole nitrogens is 1. The summed E-state index contributed by atoms with van der Waals surface area (Å²) in [6.45, 7) is 0. The van der Waals surface area contributed by atoms with Crippen molar-refractivity contribution in [3.05, 3.63) is 65.1 Å². The van der Waals surface area contributed by atoms with Gasteiger partial charge in [0.1, 0.15) is 11.3 Å². The van der Waals surface area contributed by atoms with E-state index in [1.807, 2.05) is 30.3 Å². The van der Waals surface area contributed by atoms with Gasteiger partial charge in [-0.3, -0.25) is 4.79 Å². The number of methoxy groups -OCH3 is 1. The summed E-state index contributed by atoms with van der Waals surface area (Å²) in [6, 6.07) is 11.3. The number of halogens is 1. The monoisotopic (exact) mass is 352 g/mol. The summed E-state index contributed by atoms with van der Waals surface area (Å²) in [5.41, 5.74) is 2.45. The number of fused-ring (bicyclic) bond motifs is 1. The van der Waals surface area contributed by atoms with Crippen LogP contribution < -0.4 is 4.90 Å². The molecule has 0 saturated heterocycles. The minimum atomic E-state index is -0.257. The first-order valence-corrected chi connectivity index (χ1v) is 7.91. The zero-order valence-electron chi connectivity index (χ0n) is 13.2. The van der Waals surface area contributed by atoms with Crippen LogP contribution in [-0.2, 0) is 9.53 Å². The van der Waals surface area contributed by atoms with E-state index in [-0.39, 0.29) is 17.6 Å². The fraction of sp³-hybridized carbons (Fsp3) is 0.0556. The number of hydrogen-bond acceptors (Lipinski definition) is 4. The first-order chi connectivity index (χ1) is 12.2. The van der Waals surface area contributed by atoms with Gasteiger partial charge in [0.05, 0.1) is 17.8 Å². The predicted octanol–water partition coefficient (Wildman–Crippen LogP) is 3.61. The Morgan fingerprint density at radius 1 is 1.28 bits per heavy atom. The number of amides is 1. The van der Waals surface area contributed by atoms with Crippen LogP contribution >= 0.6 is 11.6 Å². The van der Waals surface area contributed by atoms with Gasteiger partial charge in [-0.15, -0.1) is 0 Å². The Balaban J connectivity index is 1.78. The fourth-order valence-electron chi connectivity index (χ4n) is 2.70. The standard InChI is InChI=1S/C18H13ClN4O2/c1-25-18-22-15(17(24)23(18)13-5-3-2-4-6-13)7-11-9-20-16-14(11)8-12(19)10-21-16/h2-10H,1H3,(H,20,21). The molecule has 7 heteroatoms. The van der Waals surface area contributed by atoms with Crippen LogP contribution in [0.3, 0.4) is 0 Å². The van der Waals surface area contributed by atoms with E-state index in [2.05, 4.69) is 15.0 Å². The molecule has 25 heavy (non-hydrogen) atoms. The van der Waals surface area contributed by atoms with Gasteiger partial charge < -0.3 is 9.72 Å². The van der Waals surface area contributed by atoms with Gasteiger partial charge in [-0.2, -0.15) is 4.99 Å². The van der Waals surface area contributed by atoms with Crippen molar-refractivity contribution in [2.45, 2.75) is 0 Å². The highest BCUT2D eigenvalue weighted by atomic mass is 35.5. The lowest BCUT2D eigenvalue weighted by molar-refractivity contribution is -0.113. The number of aliphatic imine (C=N–C) groups is 1. The van der Waals surface area contributed by atoms with Crippen molar-refractivity contribution in [1.82, 2.24) is 9.97 Å². The molecule has 0 bridgehead atoms. The number of aromatic nitrogens is 2. The number of rotatable bonds is 2. The minimum Gasteiger partial charge on any atom is -0.468 e. The van der Waals surface area contributed by atoms with E-state index >= 15 is 0 Å². The van der Waals surface area contributed by atoms with E-state index in [4.69, 9.17) is 16.3 Å². The van der Waals surface area contributed by atoms with Crippen LogP contribution in [0.1, 0.15) is 5.56 Å². The average molecular weight is 353 g/mol. The molecule has 3 heterocycles. The summed E-state index contributed by atoms with van der Waals surface area (Å²) < 4.78 is 5.28. The highest BCUT2D eigenvalue weighted by Gasteiger charge is 2.32. The number of nitrogens with one attached hydrogen (secondary N) is 1. The molecule has 1 aromatic carbocycles. The van der Waals surface area contributed by atoms with Gasteiger partial charge >= 0.3 is 6.02 Å². The SMILES string of the molecule is COC1=NC(=Cc2c[nH]c3ncc(Cl)cc23)C(=O)N1c1ccccc1. The van der Waals surface area contributed by atoms with Crippen molar-refractivity contribution in [3.8, 4) is 0 Å². The van der Waals surface area contributed by atoms with Gasteiger partial charge in [-0.05, 0) is 24.3 Å². The fourth-order valence-corrected chi connectivity index (χ4v) is 2.86. The third kappa shape index (κ3) is 2.66. The molecule has 1 aliphatic rings. The van der Waals surface area contributed by atoms with Crippen LogP contribution in [0.15, 0.2) is 59.5 Å². The molecule has 0 saturated carbocycles. The number of para-hydroxylation sites is 1. The molecule has 3 aromatic rings. The Labute approximate surface area is 148 Å². The van der Waals surface area contributed by atoms with E-state index in [1.165, 1.54) is 12.0 Å². The first kappa shape index (κ1) is 15.4. The number of benzene rings is 1. The molecule has 0 unspecified atom stereocenters. The molecular formula is C18H13ClN4O2. The molecule has 0 spiro atoms. The van der Waals surface area contributed by atoms with Crippen LogP contribution in [0, 0.1) is 0 Å². The number of carbonyl (C=O) groups is 1. The smallest absolute Gasteiger partial charge is 0.304 e. The number of ether oxygens (including phenoxy) is 1. The van der Waals surface area contributed by atoms with Crippen LogP contribution in [0.2, 0.25) is 5.02 Å². The van der Waals surface area contributed by atoms with Gasteiger partial charge in [0.15, 0.2) is 0 Å². The van der Waals surface area contributed by atoms with Gasteiger partial charge in [-0.25, -0.2) is 9.88 Å². The zero-order chi connectivity index (χ0) is 17.4. The molecule has 0 fully saturated rings. The van der Waals surface area contributed by atoms with Gasteiger partial charge in [-0.1, -0.05) is 29.8 Å². The zero-order valence-corrected chi connectivity index (χ0v) is 14.0. The summed E-state index contributed by atoms with van der Waals surface area (Å²) in [5.74, 6) is -0.257. The highest BCUT2D eigenvalue weighted by Crippen LogP contribution is 2.27. The second-order valence-corrected chi connectivity index (χ2v) is 5.83. The summed E-state index contributed by atoms with van der Waals surface area (Å²) in [5, 5.41) is 1.34. The third-order valence-corrected chi connectivity index (χ3v) is 4.06. The Hall–Kier alpha value is -3.12. The molecule has 124 valence electrons. The number of aromatic amines is 1. The van der Waals surface area contributed by atoms with Crippen molar-refractivity contribution in [3.63, 3.8) is 0 Å². The number of amidine groups is 1. The number of anilines is 1. The van der Waals surface area contributed by atoms with E-state index in [0.717, 1.165) is 10.9 Å². The van der Waals surface area contributed by atoms with Crippen molar-refractivity contribution >= 4 is 46.3 Å². The molecule has 0 aliphatic carbocycles. The van der Waals surface area contributed by atoms with Crippen LogP contribution in [-0.4, -0.2) is 29.0 Å². The summed E-state index contributed by atoms with van der Waals surface area (Å²) in [6.07, 6.45) is 5.03. The maximum Gasteiger partial charge on any atom is 0.304 e. The predicted molar refractivity (Wildman–Crippen MR) is 97.5 cm³/mol. The molecule has 0 atom stereocenters. The van der Waals surface area contributed by atoms with E-state index in [9.17, 15) is 4.79 Å². The van der Waals surface area contributed by atoms with Crippen LogP contribution in [0.25, 0.3) is 17.1 Å². The lowest BCUT2D eigenvalue weighted by Crippen LogP contribution is -2.32. The number of carbonyl (C=O) groups excluding carboxylic acids is 1. The summed E-state index contributed by atoms with van der Waals surface area (Å²) >= 11 is 6.02. The van der Waals surface area contributed by atoms with E-state index in [1.54, 1.807) is 24.5 Å². The summed E-state index contributed by atoms with van der Waals surface area (Å²) in [7, 11) is 1.49. The van der Waals surface area contributed by atoms with Crippen molar-refractivity contribution in [2.75, 3.05) is 12.0 Å². The van der Waals surface area contributed by atoms with E-state index in [0.29, 0.717) is 16.4 Å². The normalized spacial score (nSPS) is 15.9. The topological polar surface area (TPSA) is 70.6 Å². The third-order valence-electron chi connectivity index (χ3n) is 3.85. The van der Waals surface area contributed by atoms with Gasteiger partial charge in [0.2, 0.25) is 0 Å². The number of pyridine rings is 1. The Bertz CT molecular complexity index is 1020. The lowest BCUT2D eigenvalue weighted by atomic mass is 10.2. The molecule has 0 radical (unpaired) electrons. The van der Waals surface area contributed by atoms with Gasteiger partial charge in [0, 0.05) is 23.3 Å². The van der Waals surface area contributed by atoms with Crippen molar-refractivity contribution in [2.24, 2.45) is 4.99 Å². The maximum absolute atomic E-state index is 12.8. The van der Waals surface area contributed by atoms with Crippen LogP contribution in [0.4, 0.5) is 5.69 Å². The quantitative estimate of drug-likeness (QED) is 0.716. The molecular weight excluding hydrogens is 340 g/mol. The maximum atomic E-state index is 12.8. The second-order valence-electron chi connectivity index (χ2n) is 5.40. The number of nitrogens with zero attached hydrogens (tertiary/aromatic N) is 3. The number of hydrogen-bond donors (Lipinski definition) is 1. The molecule has 6 nitrogen and oxygen atoms in total. The Morgan fingerprint density at radius 2 is 2.08 bits per heavy atom. The van der Waals surface area contributed by atoms with Crippen molar-refractivity contribution < 1.29 is 9.53 Å². The van der Waals surface area contributed by atoms with Gasteiger partial charge in [0.25, 0.3) is 5.91 Å². The van der Waals surface area contributed by atoms with Crippen LogP contribution in [0.5, 0.6) is 0 Å². The molecule has 1 N–H and O–H groups in total. The average Bonchev–Trinajstić information content (AvgIpc) is 3.17. The molecule has 2 aromatic heterocycles. The first-order valence-electron chi connectivity index (χ1n) is 7.54. The van der Waals surface area contributed by atoms with E-state index < -0.39 is 0 Å². The Kier molecular flexibility index (Phi) is 3.74. The molecule has 1 amide bonds. The second kappa shape index (κ2) is 6.07. The molecule has 4 rings (SSSR count). The largest absolute Gasteiger partial charge is 0.468 e.